The largest absolute Gasteiger partial charge is 0.493 e. The summed E-state index contributed by atoms with van der Waals surface area (Å²) < 4.78 is 15.7. The van der Waals surface area contributed by atoms with Gasteiger partial charge >= 0.3 is 17.8 Å². The molecule has 1 aliphatic heterocycles. The van der Waals surface area contributed by atoms with Gasteiger partial charge in [0, 0.05) is 5.56 Å². The third kappa shape index (κ3) is 3.66. The Kier molecular flexibility index (Phi) is 5.59. The molecule has 2 aromatic carbocycles. The van der Waals surface area contributed by atoms with Gasteiger partial charge in [-0.05, 0) is 30.7 Å². The molecule has 0 bridgehead atoms. The quantitative estimate of drug-likeness (QED) is 0.410. The third-order valence-corrected chi connectivity index (χ3v) is 5.16. The van der Waals surface area contributed by atoms with Crippen LogP contribution in [0.1, 0.15) is 24.4 Å². The number of nitrogens with zero attached hydrogens (tertiary/aromatic N) is 4. The number of carbonyl (C=O) groups is 3. The summed E-state index contributed by atoms with van der Waals surface area (Å²) in [4.78, 5) is 43.8. The summed E-state index contributed by atoms with van der Waals surface area (Å²) in [6, 6.07) is 12.7. The van der Waals surface area contributed by atoms with Gasteiger partial charge in [-0.15, -0.1) is 0 Å². The number of benzene rings is 2. The molecule has 0 radical (unpaired) electrons. The molecule has 3 aromatic rings. The maximum Gasteiger partial charge on any atom is 0.335 e. The second-order valence-electron chi connectivity index (χ2n) is 7.02. The number of ether oxygens (including phenoxy) is 2. The topological polar surface area (TPSA) is 115 Å². The van der Waals surface area contributed by atoms with Crippen LogP contribution < -0.4 is 9.47 Å². The summed E-state index contributed by atoms with van der Waals surface area (Å²) in [5.41, 5.74) is 1.32. The number of methoxy groups -OCH3 is 2. The number of amides is 4. The molecule has 1 aromatic heterocycles. The molecule has 10 heteroatoms. The predicted molar refractivity (Wildman–Crippen MR) is 110 cm³/mol. The van der Waals surface area contributed by atoms with Gasteiger partial charge in [-0.2, -0.15) is 4.98 Å². The van der Waals surface area contributed by atoms with Crippen LogP contribution in [0.3, 0.4) is 0 Å². The number of carbonyl (C=O) groups excluding carboxylic acids is 3. The van der Waals surface area contributed by atoms with Gasteiger partial charge in [0.1, 0.15) is 6.54 Å². The molecule has 1 fully saturated rings. The molecular weight excluding hydrogens is 416 g/mol. The van der Waals surface area contributed by atoms with Crippen LogP contribution in [0.2, 0.25) is 0 Å². The van der Waals surface area contributed by atoms with Crippen molar-refractivity contribution in [3.8, 4) is 22.9 Å². The second kappa shape index (κ2) is 8.50. The zero-order valence-corrected chi connectivity index (χ0v) is 17.6. The van der Waals surface area contributed by atoms with Crippen molar-refractivity contribution in [1.29, 1.82) is 0 Å². The molecule has 1 aliphatic rings. The summed E-state index contributed by atoms with van der Waals surface area (Å²) >= 11 is 0. The average Bonchev–Trinajstić information content (AvgIpc) is 3.37. The van der Waals surface area contributed by atoms with E-state index in [2.05, 4.69) is 10.1 Å². The van der Waals surface area contributed by atoms with Crippen molar-refractivity contribution < 1.29 is 28.4 Å². The fraction of sp³-hybridized carbons (Fsp3) is 0.227. The van der Waals surface area contributed by atoms with E-state index in [1.807, 2.05) is 6.07 Å². The Morgan fingerprint density at radius 1 is 0.969 bits per heavy atom. The average molecular weight is 436 g/mol. The molecule has 0 spiro atoms. The number of rotatable bonds is 7. The van der Waals surface area contributed by atoms with Crippen LogP contribution in [0.15, 0.2) is 53.1 Å². The molecule has 32 heavy (non-hydrogen) atoms. The van der Waals surface area contributed by atoms with Crippen molar-refractivity contribution in [3.05, 3.63) is 60.0 Å². The number of urea groups is 1. The standard InChI is InChI=1S/C22H20N4O6/c1-13(14-7-5-4-6-8-14)26-21(28)20(27)25(22(26)29)12-18-23-19(24-32-18)15-9-10-16(30-2)17(11-15)31-3/h4-11,13H,12H2,1-3H3. The minimum atomic E-state index is -0.941. The summed E-state index contributed by atoms with van der Waals surface area (Å²) in [5, 5.41) is 3.90. The highest BCUT2D eigenvalue weighted by Gasteiger charge is 2.47. The Labute approximate surface area is 183 Å². The van der Waals surface area contributed by atoms with Gasteiger partial charge in [-0.1, -0.05) is 35.5 Å². The lowest BCUT2D eigenvalue weighted by atomic mass is 10.1. The lowest BCUT2D eigenvalue weighted by Gasteiger charge is -2.21. The van der Waals surface area contributed by atoms with E-state index in [0.29, 0.717) is 17.1 Å². The molecule has 0 aliphatic carbocycles. The van der Waals surface area contributed by atoms with Crippen LogP contribution >= 0.6 is 0 Å². The first kappa shape index (κ1) is 21.0. The monoisotopic (exact) mass is 436 g/mol. The smallest absolute Gasteiger partial charge is 0.335 e. The van der Waals surface area contributed by atoms with Gasteiger partial charge in [-0.3, -0.25) is 9.59 Å². The Hall–Kier alpha value is -4.21. The van der Waals surface area contributed by atoms with E-state index >= 15 is 0 Å². The Morgan fingerprint density at radius 2 is 1.69 bits per heavy atom. The summed E-state index contributed by atoms with van der Waals surface area (Å²) in [5.74, 6) is -0.564. The Bertz CT molecular complexity index is 1180. The van der Waals surface area contributed by atoms with E-state index in [9.17, 15) is 14.4 Å². The van der Waals surface area contributed by atoms with Crippen molar-refractivity contribution in [2.45, 2.75) is 19.5 Å². The van der Waals surface area contributed by atoms with E-state index in [1.54, 1.807) is 49.4 Å². The van der Waals surface area contributed by atoms with Gasteiger partial charge in [0.25, 0.3) is 0 Å². The minimum Gasteiger partial charge on any atom is -0.493 e. The highest BCUT2D eigenvalue weighted by atomic mass is 16.5. The van der Waals surface area contributed by atoms with Crippen molar-refractivity contribution in [2.24, 2.45) is 0 Å². The number of hydrogen-bond acceptors (Lipinski definition) is 8. The molecule has 164 valence electrons. The van der Waals surface area contributed by atoms with E-state index in [0.717, 1.165) is 15.4 Å². The van der Waals surface area contributed by atoms with E-state index < -0.39 is 23.9 Å². The van der Waals surface area contributed by atoms with E-state index in [-0.39, 0.29) is 18.3 Å². The molecule has 0 N–H and O–H groups in total. The Balaban J connectivity index is 1.54. The molecule has 1 saturated heterocycles. The molecule has 4 amide bonds. The fourth-order valence-corrected chi connectivity index (χ4v) is 3.43. The van der Waals surface area contributed by atoms with E-state index in [1.165, 1.54) is 14.2 Å². The molecular formula is C22H20N4O6. The van der Waals surface area contributed by atoms with Crippen molar-refractivity contribution in [3.63, 3.8) is 0 Å². The molecule has 2 heterocycles. The lowest BCUT2D eigenvalue weighted by Crippen LogP contribution is -2.35. The number of hydrogen-bond donors (Lipinski definition) is 0. The summed E-state index contributed by atoms with van der Waals surface area (Å²) in [6.07, 6.45) is 0. The van der Waals surface area contributed by atoms with Crippen LogP contribution in [0.4, 0.5) is 4.79 Å². The summed E-state index contributed by atoms with van der Waals surface area (Å²) in [6.45, 7) is 1.37. The van der Waals surface area contributed by atoms with Gasteiger partial charge in [0.2, 0.25) is 11.7 Å². The van der Waals surface area contributed by atoms with Crippen LogP contribution in [-0.4, -0.2) is 52.0 Å². The Morgan fingerprint density at radius 3 is 2.38 bits per heavy atom. The predicted octanol–water partition coefficient (Wildman–Crippen LogP) is 2.81. The van der Waals surface area contributed by atoms with Crippen molar-refractivity contribution >= 4 is 17.8 Å². The SMILES string of the molecule is COc1ccc(-c2noc(CN3C(=O)C(=O)N(C(C)c4ccccc4)C3=O)n2)cc1OC. The summed E-state index contributed by atoms with van der Waals surface area (Å²) in [7, 11) is 3.03. The molecule has 1 atom stereocenters. The van der Waals surface area contributed by atoms with Crippen molar-refractivity contribution in [2.75, 3.05) is 14.2 Å². The molecule has 10 nitrogen and oxygen atoms in total. The molecule has 0 saturated carbocycles. The first-order valence-electron chi connectivity index (χ1n) is 9.73. The number of imide groups is 2. The highest BCUT2D eigenvalue weighted by Crippen LogP contribution is 2.31. The van der Waals surface area contributed by atoms with Gasteiger partial charge in [0.15, 0.2) is 11.5 Å². The van der Waals surface area contributed by atoms with Crippen molar-refractivity contribution in [1.82, 2.24) is 19.9 Å². The maximum absolute atomic E-state index is 12.9. The first-order valence-corrected chi connectivity index (χ1v) is 9.73. The lowest BCUT2D eigenvalue weighted by molar-refractivity contribution is -0.144. The van der Waals surface area contributed by atoms with Gasteiger partial charge < -0.3 is 14.0 Å². The number of aromatic nitrogens is 2. The van der Waals surface area contributed by atoms with Gasteiger partial charge in [0.05, 0.1) is 20.3 Å². The van der Waals surface area contributed by atoms with Crippen LogP contribution in [-0.2, 0) is 16.1 Å². The third-order valence-electron chi connectivity index (χ3n) is 5.16. The van der Waals surface area contributed by atoms with Gasteiger partial charge in [-0.25, -0.2) is 14.6 Å². The van der Waals surface area contributed by atoms with Crippen LogP contribution in [0.5, 0.6) is 11.5 Å². The zero-order valence-electron chi connectivity index (χ0n) is 17.6. The van der Waals surface area contributed by atoms with Crippen LogP contribution in [0, 0.1) is 0 Å². The van der Waals surface area contributed by atoms with E-state index in [4.69, 9.17) is 14.0 Å². The highest BCUT2D eigenvalue weighted by molar-refractivity contribution is 6.44. The zero-order chi connectivity index (χ0) is 22.8. The molecule has 4 rings (SSSR count). The van der Waals surface area contributed by atoms with Crippen LogP contribution in [0.25, 0.3) is 11.4 Å². The normalized spacial score (nSPS) is 14.8. The minimum absolute atomic E-state index is 0.0125. The second-order valence-corrected chi connectivity index (χ2v) is 7.02. The maximum atomic E-state index is 12.9. The molecule has 1 unspecified atom stereocenters. The first-order chi connectivity index (χ1) is 15.4. The fourth-order valence-electron chi connectivity index (χ4n) is 3.43.